The molecule has 0 fully saturated rings. The Morgan fingerprint density at radius 3 is 2.66 bits per heavy atom. The highest BCUT2D eigenvalue weighted by molar-refractivity contribution is 5.58. The van der Waals surface area contributed by atoms with Crippen LogP contribution in [0.4, 0.5) is 19.0 Å². The molecule has 1 atom stereocenters. The number of hydrogen-bond acceptors (Lipinski definition) is 7. The number of fused-ring (bicyclic) bond motifs is 1. The van der Waals surface area contributed by atoms with Crippen LogP contribution in [0.5, 0.6) is 11.8 Å². The minimum absolute atomic E-state index is 0.153. The lowest BCUT2D eigenvalue weighted by atomic mass is 10.1. The van der Waals surface area contributed by atoms with E-state index in [4.69, 9.17) is 4.74 Å². The minimum atomic E-state index is -4.75. The quantitative estimate of drug-likeness (QED) is 0.470. The molecule has 29 heavy (non-hydrogen) atoms. The summed E-state index contributed by atoms with van der Waals surface area (Å²) in [5, 5.41) is 18.8. The lowest BCUT2D eigenvalue weighted by Crippen LogP contribution is -2.36. The second-order valence-electron chi connectivity index (χ2n) is 6.69. The molecule has 2 aromatic heterocycles. The van der Waals surface area contributed by atoms with E-state index in [1.165, 1.54) is 35.1 Å². The van der Waals surface area contributed by atoms with E-state index in [0.717, 1.165) is 0 Å². The molecular weight excluding hydrogens is 397 g/mol. The maximum Gasteiger partial charge on any atom is 0.573 e. The molecule has 3 aromatic rings. The van der Waals surface area contributed by atoms with E-state index in [9.17, 15) is 23.3 Å². The summed E-state index contributed by atoms with van der Waals surface area (Å²) in [6, 6.07) is 5.42. The highest BCUT2D eigenvalue weighted by Gasteiger charge is 2.41. The number of nitro groups is 1. The molecule has 0 N–H and O–H groups in total. The van der Waals surface area contributed by atoms with Crippen LogP contribution in [0.15, 0.2) is 36.7 Å². The fourth-order valence-corrected chi connectivity index (χ4v) is 3.04. The van der Waals surface area contributed by atoms with E-state index < -0.39 is 16.9 Å². The van der Waals surface area contributed by atoms with Gasteiger partial charge in [0, 0.05) is 10.5 Å². The number of nitrogens with zero attached hydrogens (tertiary/aromatic N) is 6. The van der Waals surface area contributed by atoms with Crippen molar-refractivity contribution >= 4 is 5.82 Å². The van der Waals surface area contributed by atoms with Crippen LogP contribution in [0.3, 0.4) is 0 Å². The monoisotopic (exact) mass is 410 g/mol. The van der Waals surface area contributed by atoms with Gasteiger partial charge in [-0.25, -0.2) is 4.68 Å². The number of ether oxygens (including phenoxy) is 2. The van der Waals surface area contributed by atoms with Gasteiger partial charge in [-0.05, 0) is 36.1 Å². The predicted molar refractivity (Wildman–Crippen MR) is 90.1 cm³/mol. The van der Waals surface area contributed by atoms with E-state index in [-0.39, 0.29) is 24.1 Å². The first kappa shape index (κ1) is 18.7. The van der Waals surface area contributed by atoms with Crippen LogP contribution in [0, 0.1) is 10.1 Å². The third kappa shape index (κ3) is 3.97. The molecule has 0 amide bonds. The van der Waals surface area contributed by atoms with Gasteiger partial charge >= 0.3 is 18.2 Å². The van der Waals surface area contributed by atoms with Gasteiger partial charge in [-0.2, -0.15) is 0 Å². The fourth-order valence-electron chi connectivity index (χ4n) is 3.04. The number of alkyl halides is 3. The lowest BCUT2D eigenvalue weighted by Gasteiger charge is -2.21. The van der Waals surface area contributed by atoms with E-state index in [1.807, 2.05) is 0 Å². The van der Waals surface area contributed by atoms with Crippen LogP contribution < -0.4 is 9.47 Å². The van der Waals surface area contributed by atoms with Crippen molar-refractivity contribution in [3.63, 3.8) is 0 Å². The highest BCUT2D eigenvalue weighted by atomic mass is 19.4. The van der Waals surface area contributed by atoms with Crippen molar-refractivity contribution in [3.8, 4) is 23.0 Å². The predicted octanol–water partition coefficient (Wildman–Crippen LogP) is 2.80. The second kappa shape index (κ2) is 6.46. The number of imidazole rings is 1. The molecule has 0 saturated heterocycles. The molecule has 0 bridgehead atoms. The lowest BCUT2D eigenvalue weighted by molar-refractivity contribution is -0.389. The topological polar surface area (TPSA) is 110 Å². The van der Waals surface area contributed by atoms with Crippen LogP contribution in [-0.4, -0.2) is 41.4 Å². The Kier molecular flexibility index (Phi) is 4.17. The van der Waals surface area contributed by atoms with Gasteiger partial charge in [0.2, 0.25) is 0 Å². The summed E-state index contributed by atoms with van der Waals surface area (Å²) in [5.41, 5.74) is 0.276. The molecule has 1 aromatic carbocycles. The van der Waals surface area contributed by atoms with Crippen molar-refractivity contribution in [2.45, 2.75) is 32.0 Å². The first-order chi connectivity index (χ1) is 13.6. The van der Waals surface area contributed by atoms with Crippen molar-refractivity contribution in [1.82, 2.24) is 24.5 Å². The number of halogens is 3. The molecule has 0 aliphatic carbocycles. The van der Waals surface area contributed by atoms with Gasteiger partial charge in [-0.3, -0.25) is 4.57 Å². The zero-order valence-corrected chi connectivity index (χ0v) is 14.8. The Bertz CT molecular complexity index is 1040. The van der Waals surface area contributed by atoms with Gasteiger partial charge in [0.1, 0.15) is 23.2 Å². The van der Waals surface area contributed by atoms with Gasteiger partial charge < -0.3 is 19.6 Å². The van der Waals surface area contributed by atoms with Crippen LogP contribution in [0.2, 0.25) is 0 Å². The third-order valence-corrected chi connectivity index (χ3v) is 4.18. The number of rotatable bonds is 5. The van der Waals surface area contributed by atoms with Gasteiger partial charge in [0.15, 0.2) is 0 Å². The van der Waals surface area contributed by atoms with Gasteiger partial charge in [0.25, 0.3) is 0 Å². The average molecular weight is 410 g/mol. The van der Waals surface area contributed by atoms with Crippen molar-refractivity contribution in [2.24, 2.45) is 0 Å². The molecule has 152 valence electrons. The van der Waals surface area contributed by atoms with Crippen molar-refractivity contribution in [2.75, 3.05) is 0 Å². The van der Waals surface area contributed by atoms with Gasteiger partial charge in [0.05, 0.1) is 19.3 Å². The standard InChI is InChI=1S/C16H13F3N6O4/c1-15(8-23-7-13(25(26)27)20-14(23)29-15)9-24-6-12(21-22-24)10-2-4-11(5-3-10)28-16(17,18)19/h2-7H,8-9H2,1H3. The van der Waals surface area contributed by atoms with Crippen molar-refractivity contribution < 1.29 is 27.6 Å². The molecule has 10 nitrogen and oxygen atoms in total. The Hall–Kier alpha value is -3.64. The zero-order chi connectivity index (χ0) is 20.8. The molecule has 1 aliphatic rings. The molecule has 13 heteroatoms. The van der Waals surface area contributed by atoms with Gasteiger partial charge in [-0.1, -0.05) is 5.21 Å². The Morgan fingerprint density at radius 1 is 1.31 bits per heavy atom. The maximum absolute atomic E-state index is 12.2. The Morgan fingerprint density at radius 2 is 2.03 bits per heavy atom. The van der Waals surface area contributed by atoms with Gasteiger partial charge in [-0.15, -0.1) is 18.3 Å². The normalized spacial score (nSPS) is 18.3. The van der Waals surface area contributed by atoms with Crippen molar-refractivity contribution in [3.05, 3.63) is 46.8 Å². The number of benzene rings is 1. The van der Waals surface area contributed by atoms with E-state index in [1.54, 1.807) is 17.7 Å². The highest BCUT2D eigenvalue weighted by Crippen LogP contribution is 2.32. The number of hydrogen-bond donors (Lipinski definition) is 0. The van der Waals surface area contributed by atoms with E-state index >= 15 is 0 Å². The molecule has 3 heterocycles. The Labute approximate surface area is 160 Å². The third-order valence-electron chi connectivity index (χ3n) is 4.18. The maximum atomic E-state index is 12.2. The van der Waals surface area contributed by atoms with E-state index in [2.05, 4.69) is 20.0 Å². The summed E-state index contributed by atoms with van der Waals surface area (Å²) in [7, 11) is 0. The first-order valence-corrected chi connectivity index (χ1v) is 8.27. The molecule has 1 aliphatic heterocycles. The molecular formula is C16H13F3N6O4. The average Bonchev–Trinajstić information content (AvgIpc) is 3.28. The number of aromatic nitrogens is 5. The summed E-state index contributed by atoms with van der Waals surface area (Å²) in [6.45, 7) is 2.42. The fraction of sp³-hybridized carbons (Fsp3) is 0.312. The van der Waals surface area contributed by atoms with Crippen LogP contribution >= 0.6 is 0 Å². The van der Waals surface area contributed by atoms with E-state index in [0.29, 0.717) is 17.8 Å². The molecule has 0 spiro atoms. The first-order valence-electron chi connectivity index (χ1n) is 8.27. The Balaban J connectivity index is 1.44. The van der Waals surface area contributed by atoms with Crippen LogP contribution in [-0.2, 0) is 13.1 Å². The molecule has 0 radical (unpaired) electrons. The molecule has 1 unspecified atom stereocenters. The summed E-state index contributed by atoms with van der Waals surface area (Å²) in [5.74, 6) is -0.618. The minimum Gasteiger partial charge on any atom is -0.436 e. The zero-order valence-electron chi connectivity index (χ0n) is 14.8. The largest absolute Gasteiger partial charge is 0.573 e. The molecule has 0 saturated carbocycles. The smallest absolute Gasteiger partial charge is 0.436 e. The summed E-state index contributed by atoms with van der Waals surface area (Å²) in [6.07, 6.45) is -1.83. The molecule has 4 rings (SSSR count). The summed E-state index contributed by atoms with van der Waals surface area (Å²) in [4.78, 5) is 14.0. The summed E-state index contributed by atoms with van der Waals surface area (Å²) >= 11 is 0. The van der Waals surface area contributed by atoms with Crippen LogP contribution in [0.1, 0.15) is 6.92 Å². The summed E-state index contributed by atoms with van der Waals surface area (Å²) < 4.78 is 49.4. The second-order valence-corrected chi connectivity index (χ2v) is 6.69. The SMILES string of the molecule is CC1(Cn2cc(-c3ccc(OC(F)(F)F)cc3)nn2)Cn2cc([N+](=O)[O-])nc2O1. The van der Waals surface area contributed by atoms with Crippen molar-refractivity contribution in [1.29, 1.82) is 0 Å². The van der Waals surface area contributed by atoms with Crippen LogP contribution in [0.25, 0.3) is 11.3 Å².